The Morgan fingerprint density at radius 3 is 3.00 bits per heavy atom. The molecule has 22 heavy (non-hydrogen) atoms. The topological polar surface area (TPSA) is 58.3 Å². The highest BCUT2D eigenvalue weighted by Crippen LogP contribution is 2.24. The lowest BCUT2D eigenvalue weighted by Crippen LogP contribution is -2.49. The van der Waals surface area contributed by atoms with E-state index in [1.807, 2.05) is 4.57 Å². The van der Waals surface area contributed by atoms with Gasteiger partial charge in [-0.3, -0.25) is 0 Å². The van der Waals surface area contributed by atoms with Crippen LogP contribution in [0.25, 0.3) is 0 Å². The monoisotopic (exact) mass is 324 g/mol. The predicted octanol–water partition coefficient (Wildman–Crippen LogP) is 1.84. The zero-order valence-corrected chi connectivity index (χ0v) is 14.9. The summed E-state index contributed by atoms with van der Waals surface area (Å²) in [5.41, 5.74) is 0. The number of thioether (sulfide) groups is 1. The molecule has 0 aliphatic carbocycles. The van der Waals surface area contributed by atoms with Gasteiger partial charge in [-0.1, -0.05) is 13.8 Å². The lowest BCUT2D eigenvalue weighted by Gasteiger charge is -2.36. The summed E-state index contributed by atoms with van der Waals surface area (Å²) in [7, 11) is 0. The number of aliphatic imine (C=N–C) groups is 1. The van der Waals surface area contributed by atoms with Crippen molar-refractivity contribution in [2.75, 3.05) is 25.4 Å². The summed E-state index contributed by atoms with van der Waals surface area (Å²) in [6.45, 7) is 13.3. The normalized spacial score (nSPS) is 19.8. The zero-order chi connectivity index (χ0) is 15.9. The van der Waals surface area contributed by atoms with Crippen molar-refractivity contribution in [3.63, 3.8) is 0 Å². The van der Waals surface area contributed by atoms with Crippen molar-refractivity contribution in [2.45, 2.75) is 46.0 Å². The van der Waals surface area contributed by atoms with Crippen molar-refractivity contribution in [3.8, 4) is 0 Å². The van der Waals surface area contributed by atoms with Crippen LogP contribution < -0.4 is 5.32 Å². The second kappa shape index (κ2) is 8.41. The van der Waals surface area contributed by atoms with E-state index < -0.39 is 0 Å². The molecule has 1 saturated heterocycles. The number of hydrogen-bond acceptors (Lipinski definition) is 4. The molecule has 0 bridgehead atoms. The van der Waals surface area contributed by atoms with Gasteiger partial charge in [0.05, 0.1) is 0 Å². The molecule has 1 aliphatic heterocycles. The third-order valence-corrected chi connectivity index (χ3v) is 5.42. The molecule has 124 valence electrons. The second-order valence-corrected chi connectivity index (χ2v) is 7.15. The summed E-state index contributed by atoms with van der Waals surface area (Å²) in [6.07, 6.45) is 1.77. The Labute approximate surface area is 137 Å². The first-order valence-electron chi connectivity index (χ1n) is 8.17. The molecular weight excluding hydrogens is 296 g/mol. The summed E-state index contributed by atoms with van der Waals surface area (Å²) in [4.78, 5) is 7.17. The van der Waals surface area contributed by atoms with E-state index in [-0.39, 0.29) is 0 Å². The van der Waals surface area contributed by atoms with Crippen LogP contribution in [0.2, 0.25) is 0 Å². The standard InChI is InChI=1S/C15H28N6S/c1-5-16-15(17-9-14-19-18-11-20(14)6-2)21-7-8-22-13(10-21)12(3)4/h11-13H,5-10H2,1-4H3,(H,16,17). The number of hydrogen-bond donors (Lipinski definition) is 1. The third kappa shape index (κ3) is 4.38. The fourth-order valence-corrected chi connectivity index (χ4v) is 3.81. The molecule has 1 aliphatic rings. The molecule has 1 atom stereocenters. The highest BCUT2D eigenvalue weighted by molar-refractivity contribution is 8.00. The Balaban J connectivity index is 2.06. The highest BCUT2D eigenvalue weighted by atomic mass is 32.2. The molecule has 1 N–H and O–H groups in total. The van der Waals surface area contributed by atoms with E-state index in [4.69, 9.17) is 4.99 Å². The highest BCUT2D eigenvalue weighted by Gasteiger charge is 2.24. The van der Waals surface area contributed by atoms with E-state index in [2.05, 4.69) is 59.9 Å². The van der Waals surface area contributed by atoms with E-state index in [0.29, 0.717) is 17.7 Å². The van der Waals surface area contributed by atoms with Crippen molar-refractivity contribution in [1.82, 2.24) is 25.0 Å². The molecule has 7 heteroatoms. The summed E-state index contributed by atoms with van der Waals surface area (Å²) in [5.74, 6) is 3.78. The molecule has 6 nitrogen and oxygen atoms in total. The van der Waals surface area contributed by atoms with Crippen LogP contribution in [0.15, 0.2) is 11.3 Å². The number of aromatic nitrogens is 3. The van der Waals surface area contributed by atoms with Gasteiger partial charge in [0.25, 0.3) is 0 Å². The Morgan fingerprint density at radius 1 is 1.50 bits per heavy atom. The van der Waals surface area contributed by atoms with Crippen LogP contribution >= 0.6 is 11.8 Å². The van der Waals surface area contributed by atoms with E-state index in [9.17, 15) is 0 Å². The molecule has 2 rings (SSSR count). The molecule has 1 aromatic rings. The summed E-state index contributed by atoms with van der Waals surface area (Å²) < 4.78 is 2.04. The molecule has 0 radical (unpaired) electrons. The molecule has 0 amide bonds. The minimum absolute atomic E-state index is 0.576. The van der Waals surface area contributed by atoms with Crippen molar-refractivity contribution >= 4 is 17.7 Å². The van der Waals surface area contributed by atoms with Gasteiger partial charge in [-0.15, -0.1) is 10.2 Å². The second-order valence-electron chi connectivity index (χ2n) is 5.80. The van der Waals surface area contributed by atoms with E-state index >= 15 is 0 Å². The molecule has 1 unspecified atom stereocenters. The molecule has 1 fully saturated rings. The van der Waals surface area contributed by atoms with E-state index in [1.165, 1.54) is 5.75 Å². The van der Waals surface area contributed by atoms with Gasteiger partial charge >= 0.3 is 0 Å². The molecule has 0 spiro atoms. The Hall–Kier alpha value is -1.24. The predicted molar refractivity (Wildman–Crippen MR) is 93.2 cm³/mol. The number of nitrogens with one attached hydrogen (secondary N) is 1. The van der Waals surface area contributed by atoms with Gasteiger partial charge in [-0.2, -0.15) is 11.8 Å². The Morgan fingerprint density at radius 2 is 2.32 bits per heavy atom. The Kier molecular flexibility index (Phi) is 6.54. The van der Waals surface area contributed by atoms with Gasteiger partial charge in [0, 0.05) is 37.2 Å². The molecular formula is C15H28N6S. The number of aryl methyl sites for hydroxylation is 1. The molecule has 0 saturated carbocycles. The average molecular weight is 324 g/mol. The van der Waals surface area contributed by atoms with Crippen LogP contribution in [0.1, 0.15) is 33.5 Å². The summed E-state index contributed by atoms with van der Waals surface area (Å²) in [6, 6.07) is 0. The van der Waals surface area contributed by atoms with Gasteiger partial charge in [0.2, 0.25) is 0 Å². The quantitative estimate of drug-likeness (QED) is 0.661. The van der Waals surface area contributed by atoms with Crippen LogP contribution in [-0.4, -0.2) is 56.3 Å². The van der Waals surface area contributed by atoms with E-state index in [1.54, 1.807) is 6.33 Å². The first-order chi connectivity index (χ1) is 10.7. The summed E-state index contributed by atoms with van der Waals surface area (Å²) >= 11 is 2.08. The van der Waals surface area contributed by atoms with Crippen LogP contribution in [0.5, 0.6) is 0 Å². The van der Waals surface area contributed by atoms with Crippen molar-refractivity contribution < 1.29 is 0 Å². The Bertz CT molecular complexity index is 484. The van der Waals surface area contributed by atoms with Crippen LogP contribution in [0, 0.1) is 5.92 Å². The maximum Gasteiger partial charge on any atom is 0.194 e. The smallest absolute Gasteiger partial charge is 0.194 e. The van der Waals surface area contributed by atoms with Gasteiger partial charge < -0.3 is 14.8 Å². The summed E-state index contributed by atoms with van der Waals surface area (Å²) in [5, 5.41) is 12.2. The van der Waals surface area contributed by atoms with Crippen molar-refractivity contribution in [2.24, 2.45) is 10.9 Å². The zero-order valence-electron chi connectivity index (χ0n) is 14.1. The fourth-order valence-electron chi connectivity index (χ4n) is 2.51. The first-order valence-corrected chi connectivity index (χ1v) is 9.22. The molecule has 0 aromatic carbocycles. The number of nitrogens with zero attached hydrogens (tertiary/aromatic N) is 5. The number of rotatable bonds is 5. The van der Waals surface area contributed by atoms with Crippen LogP contribution in [0.3, 0.4) is 0 Å². The van der Waals surface area contributed by atoms with Crippen LogP contribution in [-0.2, 0) is 13.1 Å². The lowest BCUT2D eigenvalue weighted by atomic mass is 10.1. The maximum absolute atomic E-state index is 4.78. The number of guanidine groups is 1. The largest absolute Gasteiger partial charge is 0.357 e. The van der Waals surface area contributed by atoms with E-state index in [0.717, 1.165) is 38.0 Å². The molecule has 1 aromatic heterocycles. The van der Waals surface area contributed by atoms with Gasteiger partial charge in [-0.05, 0) is 19.8 Å². The minimum atomic E-state index is 0.576. The van der Waals surface area contributed by atoms with Crippen molar-refractivity contribution in [1.29, 1.82) is 0 Å². The SMILES string of the molecule is CCNC(=NCc1nncn1CC)N1CCSC(C(C)C)C1. The van der Waals surface area contributed by atoms with Crippen LogP contribution in [0.4, 0.5) is 0 Å². The third-order valence-electron chi connectivity index (χ3n) is 3.88. The lowest BCUT2D eigenvalue weighted by molar-refractivity contribution is 0.380. The van der Waals surface area contributed by atoms with Gasteiger partial charge in [0.15, 0.2) is 11.8 Å². The van der Waals surface area contributed by atoms with Gasteiger partial charge in [-0.25, -0.2) is 4.99 Å². The maximum atomic E-state index is 4.78. The average Bonchev–Trinajstić information content (AvgIpc) is 2.99. The first kappa shape index (κ1) is 17.1. The van der Waals surface area contributed by atoms with Gasteiger partial charge in [0.1, 0.15) is 12.9 Å². The molecule has 2 heterocycles. The van der Waals surface area contributed by atoms with Crippen molar-refractivity contribution in [3.05, 3.63) is 12.2 Å². The minimum Gasteiger partial charge on any atom is -0.357 e. The fraction of sp³-hybridized carbons (Fsp3) is 0.800.